The fourth-order valence-corrected chi connectivity index (χ4v) is 4.72. The van der Waals surface area contributed by atoms with Gasteiger partial charge in [-0.25, -0.2) is 13.1 Å². The van der Waals surface area contributed by atoms with Crippen molar-refractivity contribution in [2.75, 3.05) is 0 Å². The van der Waals surface area contributed by atoms with E-state index in [1.807, 2.05) is 29.1 Å². The molecule has 7 heteroatoms. The van der Waals surface area contributed by atoms with Crippen molar-refractivity contribution >= 4 is 9.84 Å². The minimum atomic E-state index is -3.04. The Morgan fingerprint density at radius 3 is 2.63 bits per heavy atom. The van der Waals surface area contributed by atoms with Gasteiger partial charge in [0.1, 0.15) is 0 Å². The molecule has 0 N–H and O–H groups in total. The highest BCUT2D eigenvalue weighted by Crippen LogP contribution is 2.30. The summed E-state index contributed by atoms with van der Waals surface area (Å²) in [6, 6.07) is 7.67. The van der Waals surface area contributed by atoms with Crippen LogP contribution < -0.4 is 0 Å². The average Bonchev–Trinajstić information content (AvgIpc) is 3.41. The van der Waals surface area contributed by atoms with Gasteiger partial charge in [-0.1, -0.05) is 19.4 Å². The molecule has 3 aromatic rings. The van der Waals surface area contributed by atoms with Gasteiger partial charge in [0.2, 0.25) is 0 Å². The summed E-state index contributed by atoms with van der Waals surface area (Å²) in [5, 5.41) is 4.29. The molecular weight excluding hydrogens is 360 g/mol. The smallest absolute Gasteiger partial charge is 0.158 e. The summed E-state index contributed by atoms with van der Waals surface area (Å²) in [5.74, 6) is 0.0223. The maximum atomic E-state index is 12.1. The number of hydrogen-bond acceptors (Lipinski definition) is 5. The van der Waals surface area contributed by atoms with Gasteiger partial charge in [0.05, 0.1) is 28.6 Å². The van der Waals surface area contributed by atoms with Crippen LogP contribution >= 0.6 is 0 Å². The fraction of sp³-hybridized carbons (Fsp3) is 0.350. The molecule has 27 heavy (non-hydrogen) atoms. The van der Waals surface area contributed by atoms with Gasteiger partial charge in [0.15, 0.2) is 9.84 Å². The number of aryl methyl sites for hydroxylation is 1. The minimum Gasteiger partial charge on any atom is -0.261 e. The van der Waals surface area contributed by atoms with Crippen LogP contribution in [0.4, 0.5) is 0 Å². The molecule has 0 amide bonds. The normalized spacial score (nSPS) is 14.4. The van der Waals surface area contributed by atoms with Crippen LogP contribution in [0.2, 0.25) is 0 Å². The summed E-state index contributed by atoms with van der Waals surface area (Å²) in [7, 11) is -3.04. The summed E-state index contributed by atoms with van der Waals surface area (Å²) in [4.78, 5) is 8.72. The molecule has 3 aromatic heterocycles. The number of nitrogens with zero attached hydrogens (tertiary/aromatic N) is 4. The standard InChI is InChI=1S/C20H22N4O2S/c1-2-3-17-10-19(8-9-21-17)24-13-16(12-23-24)15-4-5-18(22-11-15)14-27(25,26)20-6-7-20/h4-5,8-13,20H,2-3,6-7,14H2,1H3. The summed E-state index contributed by atoms with van der Waals surface area (Å²) in [6.45, 7) is 2.13. The van der Waals surface area contributed by atoms with E-state index >= 15 is 0 Å². The van der Waals surface area contributed by atoms with Crippen molar-refractivity contribution in [1.29, 1.82) is 0 Å². The molecule has 6 nitrogen and oxygen atoms in total. The molecule has 140 valence electrons. The second-order valence-corrected chi connectivity index (χ2v) is 9.25. The largest absolute Gasteiger partial charge is 0.261 e. The van der Waals surface area contributed by atoms with Crippen molar-refractivity contribution in [2.45, 2.75) is 43.6 Å². The molecule has 0 aromatic carbocycles. The van der Waals surface area contributed by atoms with E-state index in [0.717, 1.165) is 48.2 Å². The molecule has 1 fully saturated rings. The molecule has 0 unspecified atom stereocenters. The van der Waals surface area contributed by atoms with Crippen molar-refractivity contribution in [3.63, 3.8) is 0 Å². The van der Waals surface area contributed by atoms with Crippen molar-refractivity contribution in [2.24, 2.45) is 0 Å². The molecule has 0 bridgehead atoms. The Morgan fingerprint density at radius 1 is 1.07 bits per heavy atom. The summed E-state index contributed by atoms with van der Waals surface area (Å²) < 4.78 is 26.0. The predicted molar refractivity (Wildman–Crippen MR) is 104 cm³/mol. The number of pyridine rings is 2. The zero-order valence-electron chi connectivity index (χ0n) is 15.2. The lowest BCUT2D eigenvalue weighted by Gasteiger charge is -2.04. The topological polar surface area (TPSA) is 77.7 Å². The van der Waals surface area contributed by atoms with Crippen LogP contribution in [0.3, 0.4) is 0 Å². The van der Waals surface area contributed by atoms with Gasteiger partial charge in [0.25, 0.3) is 0 Å². The van der Waals surface area contributed by atoms with E-state index in [2.05, 4.69) is 22.0 Å². The van der Waals surface area contributed by atoms with Crippen molar-refractivity contribution < 1.29 is 8.42 Å². The van der Waals surface area contributed by atoms with Crippen LogP contribution in [0.5, 0.6) is 0 Å². The van der Waals surface area contributed by atoms with Crippen molar-refractivity contribution in [3.8, 4) is 16.8 Å². The molecular formula is C20H22N4O2S. The van der Waals surface area contributed by atoms with Gasteiger partial charge in [0, 0.05) is 35.4 Å². The molecule has 1 aliphatic carbocycles. The first-order valence-corrected chi connectivity index (χ1v) is 10.9. The quantitative estimate of drug-likeness (QED) is 0.626. The zero-order chi connectivity index (χ0) is 18.9. The zero-order valence-corrected chi connectivity index (χ0v) is 16.1. The van der Waals surface area contributed by atoms with E-state index in [4.69, 9.17) is 0 Å². The Morgan fingerprint density at radius 2 is 1.93 bits per heavy atom. The third-order valence-electron chi connectivity index (χ3n) is 4.69. The highest BCUT2D eigenvalue weighted by atomic mass is 32.2. The predicted octanol–water partition coefficient (Wildman–Crippen LogP) is 3.36. The van der Waals surface area contributed by atoms with Crippen molar-refractivity contribution in [1.82, 2.24) is 19.7 Å². The van der Waals surface area contributed by atoms with E-state index < -0.39 is 9.84 Å². The van der Waals surface area contributed by atoms with E-state index in [9.17, 15) is 8.42 Å². The molecule has 0 aliphatic heterocycles. The highest BCUT2D eigenvalue weighted by molar-refractivity contribution is 7.91. The van der Waals surface area contributed by atoms with Gasteiger partial charge >= 0.3 is 0 Å². The third kappa shape index (κ3) is 4.08. The fourth-order valence-electron chi connectivity index (χ4n) is 3.05. The van der Waals surface area contributed by atoms with Gasteiger partial charge in [-0.15, -0.1) is 0 Å². The second-order valence-electron chi connectivity index (χ2n) is 6.97. The average molecular weight is 382 g/mol. The van der Waals surface area contributed by atoms with Gasteiger partial charge in [-0.05, 0) is 37.5 Å². The van der Waals surface area contributed by atoms with E-state index in [1.54, 1.807) is 24.7 Å². The number of aromatic nitrogens is 4. The Balaban J connectivity index is 1.52. The molecule has 0 spiro atoms. The number of sulfone groups is 1. The molecule has 0 radical (unpaired) electrons. The Bertz CT molecular complexity index is 1040. The Kier molecular flexibility index (Phi) is 4.78. The lowest BCUT2D eigenvalue weighted by molar-refractivity contribution is 0.593. The molecule has 0 saturated heterocycles. The van der Waals surface area contributed by atoms with Crippen LogP contribution in [-0.4, -0.2) is 33.4 Å². The first-order chi connectivity index (χ1) is 13.0. The first-order valence-electron chi connectivity index (χ1n) is 9.22. The van der Waals surface area contributed by atoms with Crippen LogP contribution in [0.25, 0.3) is 16.8 Å². The Hall–Kier alpha value is -2.54. The molecule has 3 heterocycles. The third-order valence-corrected chi connectivity index (χ3v) is 6.88. The van der Waals surface area contributed by atoms with Crippen LogP contribution in [0.15, 0.2) is 49.1 Å². The number of hydrogen-bond donors (Lipinski definition) is 0. The van der Waals surface area contributed by atoms with E-state index in [-0.39, 0.29) is 11.0 Å². The van der Waals surface area contributed by atoms with E-state index in [1.165, 1.54) is 0 Å². The lowest BCUT2D eigenvalue weighted by Crippen LogP contribution is -2.10. The summed E-state index contributed by atoms with van der Waals surface area (Å²) >= 11 is 0. The first kappa shape index (κ1) is 17.9. The Labute approximate surface area is 159 Å². The van der Waals surface area contributed by atoms with Crippen molar-refractivity contribution in [3.05, 3.63) is 60.4 Å². The monoisotopic (exact) mass is 382 g/mol. The molecule has 0 atom stereocenters. The van der Waals surface area contributed by atoms with Crippen LogP contribution in [-0.2, 0) is 22.0 Å². The van der Waals surface area contributed by atoms with Gasteiger partial charge in [-0.2, -0.15) is 5.10 Å². The van der Waals surface area contributed by atoms with Crippen LogP contribution in [0, 0.1) is 0 Å². The SMILES string of the molecule is CCCc1cc(-n2cc(-c3ccc(CS(=O)(=O)C4CC4)nc3)cn2)ccn1. The maximum absolute atomic E-state index is 12.1. The molecule has 1 aliphatic rings. The minimum absolute atomic E-state index is 0.0223. The highest BCUT2D eigenvalue weighted by Gasteiger charge is 2.35. The molecule has 1 saturated carbocycles. The van der Waals surface area contributed by atoms with E-state index in [0.29, 0.717) is 5.69 Å². The molecule has 4 rings (SSSR count). The van der Waals surface area contributed by atoms with Crippen LogP contribution in [0.1, 0.15) is 37.6 Å². The number of rotatable bonds is 7. The second kappa shape index (κ2) is 7.23. The maximum Gasteiger partial charge on any atom is 0.158 e. The summed E-state index contributed by atoms with van der Waals surface area (Å²) in [5.41, 5.74) is 4.47. The summed E-state index contributed by atoms with van der Waals surface area (Å²) in [6.07, 6.45) is 10.8. The lowest BCUT2D eigenvalue weighted by atomic mass is 10.1. The van der Waals surface area contributed by atoms with Gasteiger partial charge < -0.3 is 0 Å². The van der Waals surface area contributed by atoms with Gasteiger partial charge in [-0.3, -0.25) is 9.97 Å².